The summed E-state index contributed by atoms with van der Waals surface area (Å²) in [7, 11) is -4.24. The second-order valence-corrected chi connectivity index (χ2v) is 6.60. The van der Waals surface area contributed by atoms with Crippen LogP contribution in [0.1, 0.15) is 23.2 Å². The van der Waals surface area contributed by atoms with E-state index < -0.39 is 61.9 Å². The number of sulfone groups is 1. The molecule has 0 amide bonds. The molecule has 1 rings (SSSR count). The predicted octanol–water partition coefficient (Wildman–Crippen LogP) is 3.29. The fourth-order valence-corrected chi connectivity index (χ4v) is 3.01. The van der Waals surface area contributed by atoms with Crippen molar-refractivity contribution in [2.75, 3.05) is 5.75 Å². The predicted molar refractivity (Wildman–Crippen MR) is 65.7 cm³/mol. The topological polar surface area (TPSA) is 71.4 Å². The first-order valence-corrected chi connectivity index (χ1v) is 7.49. The van der Waals surface area contributed by atoms with Crippen LogP contribution in [-0.2, 0) is 9.84 Å². The fourth-order valence-electron chi connectivity index (χ4n) is 1.48. The highest BCUT2D eigenvalue weighted by Gasteiger charge is 2.28. The molecule has 4 nitrogen and oxygen atoms in total. The van der Waals surface area contributed by atoms with E-state index in [9.17, 15) is 30.8 Å². The molecule has 0 aliphatic carbocycles. The van der Waals surface area contributed by atoms with Crippen molar-refractivity contribution < 1.29 is 35.9 Å². The van der Waals surface area contributed by atoms with Gasteiger partial charge in [0.05, 0.1) is 21.2 Å². The minimum absolute atomic E-state index is 0.484. The van der Waals surface area contributed by atoms with Gasteiger partial charge in [0.25, 0.3) is 0 Å². The van der Waals surface area contributed by atoms with Crippen LogP contribution in [-0.4, -0.2) is 31.4 Å². The second-order valence-electron chi connectivity index (χ2n) is 4.11. The van der Waals surface area contributed by atoms with Crippen LogP contribution in [0, 0.1) is 5.82 Å². The van der Waals surface area contributed by atoms with Crippen LogP contribution in [0.5, 0.6) is 0 Å². The van der Waals surface area contributed by atoms with Crippen molar-refractivity contribution in [1.29, 1.82) is 0 Å². The van der Waals surface area contributed by atoms with Gasteiger partial charge in [-0.05, 0) is 18.6 Å². The normalized spacial score (nSPS) is 12.4. The van der Waals surface area contributed by atoms with Crippen molar-refractivity contribution in [2.24, 2.45) is 0 Å². The molecule has 0 fully saturated rings. The van der Waals surface area contributed by atoms with Gasteiger partial charge in [-0.2, -0.15) is 13.2 Å². The maximum atomic E-state index is 13.4. The highest BCUT2D eigenvalue weighted by Crippen LogP contribution is 2.27. The zero-order chi connectivity index (χ0) is 16.4. The summed E-state index contributed by atoms with van der Waals surface area (Å²) in [5.74, 6) is -3.80. The average molecular weight is 349 g/mol. The largest absolute Gasteiger partial charge is 0.478 e. The van der Waals surface area contributed by atoms with Crippen molar-refractivity contribution >= 4 is 27.4 Å². The first kappa shape index (κ1) is 17.7. The van der Waals surface area contributed by atoms with E-state index in [4.69, 9.17) is 16.7 Å². The third-order valence-corrected chi connectivity index (χ3v) is 4.63. The van der Waals surface area contributed by atoms with Crippen molar-refractivity contribution in [2.45, 2.75) is 23.9 Å². The Morgan fingerprint density at radius 1 is 1.29 bits per heavy atom. The Morgan fingerprint density at radius 3 is 2.33 bits per heavy atom. The van der Waals surface area contributed by atoms with Crippen LogP contribution < -0.4 is 0 Å². The Labute approximate surface area is 122 Å². The molecule has 1 aromatic carbocycles. The molecule has 1 aromatic rings. The van der Waals surface area contributed by atoms with E-state index >= 15 is 0 Å². The molecule has 0 bridgehead atoms. The van der Waals surface area contributed by atoms with Crippen molar-refractivity contribution in [1.82, 2.24) is 0 Å². The molecular formula is C11H9ClF4O4S. The minimum Gasteiger partial charge on any atom is -0.478 e. The molecule has 1 N–H and O–H groups in total. The summed E-state index contributed by atoms with van der Waals surface area (Å²) in [4.78, 5) is 10.1. The average Bonchev–Trinajstić information content (AvgIpc) is 2.29. The van der Waals surface area contributed by atoms with E-state index in [1.807, 2.05) is 0 Å². The fraction of sp³-hybridized carbons (Fsp3) is 0.364. The number of carboxylic acid groups (broad SMARTS) is 1. The Morgan fingerprint density at radius 2 is 1.86 bits per heavy atom. The highest BCUT2D eigenvalue weighted by atomic mass is 35.5. The van der Waals surface area contributed by atoms with E-state index in [1.54, 1.807) is 0 Å². The molecule has 0 heterocycles. The quantitative estimate of drug-likeness (QED) is 0.829. The molecule has 118 valence electrons. The molecule has 0 saturated carbocycles. The number of hydrogen-bond donors (Lipinski definition) is 1. The number of alkyl halides is 3. The Kier molecular flexibility index (Phi) is 5.21. The van der Waals surface area contributed by atoms with Gasteiger partial charge in [-0.25, -0.2) is 17.6 Å². The molecule has 0 aromatic heterocycles. The Bertz CT molecular complexity index is 655. The van der Waals surface area contributed by atoms with E-state index in [2.05, 4.69) is 0 Å². The van der Waals surface area contributed by atoms with Gasteiger partial charge in [0.2, 0.25) is 0 Å². The maximum Gasteiger partial charge on any atom is 0.389 e. The lowest BCUT2D eigenvalue weighted by molar-refractivity contribution is -0.134. The summed E-state index contributed by atoms with van der Waals surface area (Å²) in [6.45, 7) is 0. The molecule has 21 heavy (non-hydrogen) atoms. The summed E-state index contributed by atoms with van der Waals surface area (Å²) in [6.07, 6.45) is -6.53. The van der Waals surface area contributed by atoms with Crippen LogP contribution in [0.4, 0.5) is 17.6 Å². The van der Waals surface area contributed by atoms with Gasteiger partial charge >= 0.3 is 12.1 Å². The van der Waals surface area contributed by atoms with Crippen LogP contribution in [0.3, 0.4) is 0 Å². The second kappa shape index (κ2) is 6.18. The van der Waals surface area contributed by atoms with Crippen LogP contribution >= 0.6 is 11.6 Å². The first-order chi connectivity index (χ1) is 9.44. The van der Waals surface area contributed by atoms with Crippen LogP contribution in [0.25, 0.3) is 0 Å². The number of hydrogen-bond acceptors (Lipinski definition) is 3. The number of carboxylic acids is 1. The van der Waals surface area contributed by atoms with Crippen LogP contribution in [0.2, 0.25) is 5.02 Å². The molecule has 0 saturated heterocycles. The molecule has 0 unspecified atom stereocenters. The lowest BCUT2D eigenvalue weighted by atomic mass is 10.2. The number of rotatable bonds is 5. The molecule has 0 radical (unpaired) electrons. The van der Waals surface area contributed by atoms with E-state index in [0.29, 0.717) is 12.1 Å². The zero-order valence-corrected chi connectivity index (χ0v) is 11.8. The molecule has 0 aliphatic heterocycles. The molecular weight excluding hydrogens is 340 g/mol. The Hall–Kier alpha value is -1.35. The smallest absolute Gasteiger partial charge is 0.389 e. The number of halogens is 5. The van der Waals surface area contributed by atoms with Gasteiger partial charge in [0.1, 0.15) is 5.82 Å². The number of aromatic carboxylic acids is 1. The van der Waals surface area contributed by atoms with Gasteiger partial charge in [0, 0.05) is 6.42 Å². The molecule has 0 aliphatic rings. The molecule has 10 heteroatoms. The van der Waals surface area contributed by atoms with Gasteiger partial charge in [-0.1, -0.05) is 11.6 Å². The number of carbonyl (C=O) groups is 1. The summed E-state index contributed by atoms with van der Waals surface area (Å²) >= 11 is 5.38. The monoisotopic (exact) mass is 348 g/mol. The summed E-state index contributed by atoms with van der Waals surface area (Å²) in [5, 5.41) is 8.00. The van der Waals surface area contributed by atoms with Crippen molar-refractivity contribution in [3.8, 4) is 0 Å². The van der Waals surface area contributed by atoms with Gasteiger partial charge in [0.15, 0.2) is 9.84 Å². The minimum atomic E-state index is -4.51. The highest BCUT2D eigenvalue weighted by molar-refractivity contribution is 7.91. The van der Waals surface area contributed by atoms with Crippen molar-refractivity contribution in [3.63, 3.8) is 0 Å². The lowest BCUT2D eigenvalue weighted by Gasteiger charge is -2.09. The van der Waals surface area contributed by atoms with E-state index in [0.717, 1.165) is 0 Å². The Balaban J connectivity index is 3.07. The summed E-state index contributed by atoms with van der Waals surface area (Å²) < 4.78 is 72.9. The zero-order valence-electron chi connectivity index (χ0n) is 10.2. The standard InChI is InChI=1S/C11H9ClF4O4S/c12-9-7(10(17)18)4-6(5-8(9)13)21(19,20)3-1-2-11(14,15)16/h4-5H,1-3H2,(H,17,18). The van der Waals surface area contributed by atoms with Gasteiger partial charge < -0.3 is 5.11 Å². The number of benzene rings is 1. The summed E-state index contributed by atoms with van der Waals surface area (Å²) in [5.41, 5.74) is -0.772. The maximum absolute atomic E-state index is 13.4. The van der Waals surface area contributed by atoms with Gasteiger partial charge in [-0.3, -0.25) is 0 Å². The van der Waals surface area contributed by atoms with Crippen molar-refractivity contribution in [3.05, 3.63) is 28.5 Å². The molecule has 0 atom stereocenters. The first-order valence-electron chi connectivity index (χ1n) is 5.46. The lowest BCUT2D eigenvalue weighted by Crippen LogP contribution is -2.13. The SMILES string of the molecule is O=C(O)c1cc(S(=O)(=O)CCCC(F)(F)F)cc(F)c1Cl. The van der Waals surface area contributed by atoms with Gasteiger partial charge in [-0.15, -0.1) is 0 Å². The third kappa shape index (κ3) is 4.85. The summed E-state index contributed by atoms with van der Waals surface area (Å²) in [6, 6.07) is 1.11. The molecule has 0 spiro atoms. The van der Waals surface area contributed by atoms with Crippen LogP contribution in [0.15, 0.2) is 17.0 Å². The van der Waals surface area contributed by atoms with E-state index in [-0.39, 0.29) is 0 Å². The van der Waals surface area contributed by atoms with E-state index in [1.165, 1.54) is 0 Å². The third-order valence-electron chi connectivity index (χ3n) is 2.46.